The predicted octanol–water partition coefficient (Wildman–Crippen LogP) is 4.74. The van der Waals surface area contributed by atoms with Crippen molar-refractivity contribution in [2.24, 2.45) is 5.41 Å². The van der Waals surface area contributed by atoms with Crippen molar-refractivity contribution in [1.82, 2.24) is 10.2 Å². The van der Waals surface area contributed by atoms with Gasteiger partial charge >= 0.3 is 0 Å². The summed E-state index contributed by atoms with van der Waals surface area (Å²) in [6.07, 6.45) is 0. The molecule has 1 amide bonds. The van der Waals surface area contributed by atoms with Crippen molar-refractivity contribution in [3.05, 3.63) is 48.4 Å². The van der Waals surface area contributed by atoms with Crippen molar-refractivity contribution in [2.75, 3.05) is 12.1 Å². The van der Waals surface area contributed by atoms with Gasteiger partial charge in [-0.05, 0) is 42.5 Å². The molecular formula is C21H21N3O4S. The van der Waals surface area contributed by atoms with Crippen LogP contribution in [-0.2, 0) is 10.5 Å². The maximum absolute atomic E-state index is 12.1. The van der Waals surface area contributed by atoms with E-state index in [1.54, 1.807) is 11.8 Å². The highest BCUT2D eigenvalue weighted by Crippen LogP contribution is 2.35. The third kappa shape index (κ3) is 4.54. The molecule has 1 aliphatic heterocycles. The van der Waals surface area contributed by atoms with Gasteiger partial charge in [-0.3, -0.25) is 4.79 Å². The lowest BCUT2D eigenvalue weighted by molar-refractivity contribution is -0.123. The standard InChI is InChI=1S/C21H21N3O4S/c1-21(2,3)20(25)22-14-5-7-15(8-6-14)29-11-18-23-24-19(28-18)13-4-9-16-17(10-13)27-12-26-16/h4-10H,11-12H2,1-3H3,(H,22,25). The first-order valence-corrected chi connectivity index (χ1v) is 10.1. The quantitative estimate of drug-likeness (QED) is 0.607. The molecule has 1 N–H and O–H groups in total. The normalized spacial score (nSPS) is 12.8. The van der Waals surface area contributed by atoms with E-state index in [0.29, 0.717) is 29.0 Å². The number of benzene rings is 2. The minimum absolute atomic E-state index is 0.0141. The van der Waals surface area contributed by atoms with Crippen LogP contribution in [0.2, 0.25) is 0 Å². The van der Waals surface area contributed by atoms with Gasteiger partial charge in [-0.1, -0.05) is 20.8 Å². The van der Waals surface area contributed by atoms with Crippen LogP contribution in [0.4, 0.5) is 5.69 Å². The molecule has 0 bridgehead atoms. The number of anilines is 1. The Morgan fingerprint density at radius 3 is 2.59 bits per heavy atom. The summed E-state index contributed by atoms with van der Waals surface area (Å²) >= 11 is 1.58. The van der Waals surface area contributed by atoms with Gasteiger partial charge in [-0.25, -0.2) is 0 Å². The van der Waals surface area contributed by atoms with Crippen molar-refractivity contribution in [1.29, 1.82) is 0 Å². The highest BCUT2D eigenvalue weighted by atomic mass is 32.2. The zero-order valence-electron chi connectivity index (χ0n) is 16.4. The topological polar surface area (TPSA) is 86.5 Å². The maximum Gasteiger partial charge on any atom is 0.247 e. The molecule has 29 heavy (non-hydrogen) atoms. The van der Waals surface area contributed by atoms with E-state index in [2.05, 4.69) is 15.5 Å². The van der Waals surface area contributed by atoms with Gasteiger partial charge in [-0.15, -0.1) is 22.0 Å². The summed E-state index contributed by atoms with van der Waals surface area (Å²) < 4.78 is 16.5. The Morgan fingerprint density at radius 2 is 1.83 bits per heavy atom. The number of rotatable bonds is 5. The Bertz CT molecular complexity index is 1030. The second kappa shape index (κ2) is 7.79. The lowest BCUT2D eigenvalue weighted by atomic mass is 9.95. The number of ether oxygens (including phenoxy) is 2. The van der Waals surface area contributed by atoms with Crippen LogP contribution in [-0.4, -0.2) is 22.9 Å². The van der Waals surface area contributed by atoms with E-state index >= 15 is 0 Å². The molecule has 0 unspecified atom stereocenters. The van der Waals surface area contributed by atoms with Crippen molar-refractivity contribution >= 4 is 23.4 Å². The fourth-order valence-electron chi connectivity index (χ4n) is 2.56. The first kappa shape index (κ1) is 19.3. The molecule has 0 aliphatic carbocycles. The van der Waals surface area contributed by atoms with E-state index in [4.69, 9.17) is 13.9 Å². The maximum atomic E-state index is 12.1. The molecule has 8 heteroatoms. The SMILES string of the molecule is CC(C)(C)C(=O)Nc1ccc(SCc2nnc(-c3ccc4c(c3)OCO4)o2)cc1. The summed E-state index contributed by atoms with van der Waals surface area (Å²) in [6.45, 7) is 5.88. The zero-order valence-corrected chi connectivity index (χ0v) is 17.2. The van der Waals surface area contributed by atoms with Crippen LogP contribution in [0, 0.1) is 5.41 Å². The number of hydrogen-bond donors (Lipinski definition) is 1. The molecule has 0 fully saturated rings. The predicted molar refractivity (Wildman–Crippen MR) is 110 cm³/mol. The molecule has 0 saturated heterocycles. The van der Waals surface area contributed by atoms with Gasteiger partial charge in [0.1, 0.15) is 0 Å². The fourth-order valence-corrected chi connectivity index (χ4v) is 3.29. The first-order valence-electron chi connectivity index (χ1n) is 9.15. The summed E-state index contributed by atoms with van der Waals surface area (Å²) in [4.78, 5) is 13.1. The molecule has 0 atom stereocenters. The first-order chi connectivity index (χ1) is 13.9. The van der Waals surface area contributed by atoms with Crippen LogP contribution >= 0.6 is 11.8 Å². The van der Waals surface area contributed by atoms with E-state index < -0.39 is 5.41 Å². The average Bonchev–Trinajstić information content (AvgIpc) is 3.35. The van der Waals surface area contributed by atoms with Gasteiger partial charge in [0.2, 0.25) is 24.5 Å². The molecule has 4 rings (SSSR count). The van der Waals surface area contributed by atoms with Crippen LogP contribution in [0.3, 0.4) is 0 Å². The van der Waals surface area contributed by atoms with Crippen LogP contribution in [0.5, 0.6) is 11.5 Å². The molecule has 7 nitrogen and oxygen atoms in total. The number of thioether (sulfide) groups is 1. The van der Waals surface area contributed by atoms with Crippen molar-refractivity contribution < 1.29 is 18.7 Å². The summed E-state index contributed by atoms with van der Waals surface area (Å²) in [5.74, 6) is 2.90. The van der Waals surface area contributed by atoms with E-state index in [1.165, 1.54) is 0 Å². The molecular weight excluding hydrogens is 390 g/mol. The Labute approximate surface area is 172 Å². The Morgan fingerprint density at radius 1 is 1.07 bits per heavy atom. The van der Waals surface area contributed by atoms with E-state index in [1.807, 2.05) is 63.2 Å². The minimum Gasteiger partial charge on any atom is -0.454 e. The number of aromatic nitrogens is 2. The number of carbonyl (C=O) groups excluding carboxylic acids is 1. The van der Waals surface area contributed by atoms with E-state index in [0.717, 1.165) is 16.1 Å². The number of amides is 1. The highest BCUT2D eigenvalue weighted by Gasteiger charge is 2.21. The van der Waals surface area contributed by atoms with Gasteiger partial charge in [-0.2, -0.15) is 0 Å². The lowest BCUT2D eigenvalue weighted by Gasteiger charge is -2.17. The number of carbonyl (C=O) groups is 1. The summed E-state index contributed by atoms with van der Waals surface area (Å²) in [7, 11) is 0. The number of nitrogens with one attached hydrogen (secondary N) is 1. The largest absolute Gasteiger partial charge is 0.454 e. The van der Waals surface area contributed by atoms with Crippen LogP contribution in [0.1, 0.15) is 26.7 Å². The second-order valence-corrected chi connectivity index (χ2v) is 8.63. The zero-order chi connectivity index (χ0) is 20.4. The molecule has 0 radical (unpaired) electrons. The number of hydrogen-bond acceptors (Lipinski definition) is 7. The minimum atomic E-state index is -0.429. The Hall–Kier alpha value is -3.00. The number of nitrogens with zero attached hydrogens (tertiary/aromatic N) is 2. The van der Waals surface area contributed by atoms with Crippen LogP contribution < -0.4 is 14.8 Å². The van der Waals surface area contributed by atoms with Gasteiger partial charge in [0, 0.05) is 21.6 Å². The van der Waals surface area contributed by atoms with Gasteiger partial charge in [0.15, 0.2) is 11.5 Å². The summed E-state index contributed by atoms with van der Waals surface area (Å²) in [5, 5.41) is 11.2. The fraction of sp³-hybridized carbons (Fsp3) is 0.286. The smallest absolute Gasteiger partial charge is 0.247 e. The molecule has 3 aromatic rings. The summed E-state index contributed by atoms with van der Waals surface area (Å²) in [6, 6.07) is 13.2. The monoisotopic (exact) mass is 411 g/mol. The molecule has 2 heterocycles. The van der Waals surface area contributed by atoms with Crippen LogP contribution in [0.15, 0.2) is 51.8 Å². The summed E-state index contributed by atoms with van der Waals surface area (Å²) in [5.41, 5.74) is 1.13. The molecule has 0 saturated carbocycles. The van der Waals surface area contributed by atoms with Crippen molar-refractivity contribution in [3.8, 4) is 23.0 Å². The third-order valence-electron chi connectivity index (χ3n) is 4.24. The van der Waals surface area contributed by atoms with Crippen molar-refractivity contribution in [3.63, 3.8) is 0 Å². The Kier molecular flexibility index (Phi) is 5.19. The highest BCUT2D eigenvalue weighted by molar-refractivity contribution is 7.98. The van der Waals surface area contributed by atoms with Gasteiger partial charge < -0.3 is 19.2 Å². The lowest BCUT2D eigenvalue weighted by Crippen LogP contribution is -2.27. The van der Waals surface area contributed by atoms with Crippen molar-refractivity contribution in [2.45, 2.75) is 31.4 Å². The number of fused-ring (bicyclic) bond motifs is 1. The van der Waals surface area contributed by atoms with Gasteiger partial charge in [0.05, 0.1) is 5.75 Å². The average molecular weight is 411 g/mol. The molecule has 150 valence electrons. The Balaban J connectivity index is 1.36. The molecule has 0 spiro atoms. The van der Waals surface area contributed by atoms with Gasteiger partial charge in [0.25, 0.3) is 0 Å². The second-order valence-electron chi connectivity index (χ2n) is 7.59. The molecule has 1 aliphatic rings. The van der Waals surface area contributed by atoms with E-state index in [-0.39, 0.29) is 12.7 Å². The molecule has 2 aromatic carbocycles. The van der Waals surface area contributed by atoms with Crippen LogP contribution in [0.25, 0.3) is 11.5 Å². The van der Waals surface area contributed by atoms with E-state index in [9.17, 15) is 4.79 Å². The third-order valence-corrected chi connectivity index (χ3v) is 5.24. The molecule has 1 aromatic heterocycles.